The summed E-state index contributed by atoms with van der Waals surface area (Å²) in [4.78, 5) is 0. The first-order valence-corrected chi connectivity index (χ1v) is 11.4. The molecule has 0 saturated heterocycles. The molecule has 0 heterocycles. The van der Waals surface area contributed by atoms with E-state index < -0.39 is 12.2 Å². The Morgan fingerprint density at radius 1 is 1.07 bits per heavy atom. The van der Waals surface area contributed by atoms with Crippen LogP contribution < -0.4 is 0 Å². The molecule has 2 rings (SSSR count). The molecule has 2 aliphatic carbocycles. The maximum absolute atomic E-state index is 10.2. The first-order chi connectivity index (χ1) is 13.0. The second kappa shape index (κ2) is 9.45. The van der Waals surface area contributed by atoms with Crippen molar-refractivity contribution >= 4 is 0 Å². The van der Waals surface area contributed by atoms with Gasteiger partial charge in [0.2, 0.25) is 0 Å². The molecule has 6 atom stereocenters. The van der Waals surface area contributed by atoms with E-state index in [9.17, 15) is 15.3 Å². The number of aliphatic hydroxyl groups excluding tert-OH is 3. The smallest absolute Gasteiger partial charge is 0.0602 e. The second-order valence-corrected chi connectivity index (χ2v) is 10.7. The first kappa shape index (κ1) is 23.6. The lowest BCUT2D eigenvalue weighted by molar-refractivity contribution is 0.0277. The van der Waals surface area contributed by atoms with E-state index in [0.29, 0.717) is 37.0 Å². The highest BCUT2D eigenvalue weighted by atomic mass is 16.3. The summed E-state index contributed by atoms with van der Waals surface area (Å²) in [5.74, 6) is 1.44. The Kier molecular flexibility index (Phi) is 7.98. The molecule has 2 aliphatic rings. The minimum Gasteiger partial charge on any atom is -0.393 e. The molecule has 0 bridgehead atoms. The van der Waals surface area contributed by atoms with E-state index in [1.165, 1.54) is 12.8 Å². The SMILES string of the molecule is CC(C)[C@H](O)CC[C@H](C)[C@@]1(C)CC[C@@H](/C=C/C=C2C[C@@H](O)C[C@H](O)C2)C1(C)C.[2HH]. The number of hydrogen-bond acceptors (Lipinski definition) is 3. The maximum atomic E-state index is 10.2. The fourth-order valence-electron chi connectivity index (χ4n) is 5.48. The summed E-state index contributed by atoms with van der Waals surface area (Å²) >= 11 is 0. The van der Waals surface area contributed by atoms with Crippen LogP contribution in [0, 0.1) is 28.6 Å². The second-order valence-electron chi connectivity index (χ2n) is 10.7. The predicted molar refractivity (Wildman–Crippen MR) is 119 cm³/mol. The topological polar surface area (TPSA) is 60.7 Å². The molecule has 0 amide bonds. The van der Waals surface area contributed by atoms with Gasteiger partial charge in [0.1, 0.15) is 0 Å². The van der Waals surface area contributed by atoms with Crippen molar-refractivity contribution in [3.8, 4) is 0 Å². The molecular formula is C25H46O3. The van der Waals surface area contributed by atoms with Gasteiger partial charge >= 0.3 is 0 Å². The van der Waals surface area contributed by atoms with Crippen molar-refractivity contribution in [2.75, 3.05) is 0 Å². The van der Waals surface area contributed by atoms with Gasteiger partial charge in [-0.25, -0.2) is 0 Å². The quantitative estimate of drug-likeness (QED) is 0.533. The van der Waals surface area contributed by atoms with Gasteiger partial charge in [-0.2, -0.15) is 0 Å². The Hall–Kier alpha value is -0.640. The zero-order chi connectivity index (χ0) is 21.1. The van der Waals surface area contributed by atoms with Gasteiger partial charge in [-0.15, -0.1) is 0 Å². The Morgan fingerprint density at radius 2 is 1.68 bits per heavy atom. The summed E-state index contributed by atoms with van der Waals surface area (Å²) in [6.07, 6.45) is 11.9. The highest BCUT2D eigenvalue weighted by Crippen LogP contribution is 2.60. The molecule has 164 valence electrons. The molecule has 0 unspecified atom stereocenters. The molecule has 0 aromatic heterocycles. The largest absolute Gasteiger partial charge is 0.393 e. The Balaban J connectivity index is 0.00000420. The van der Waals surface area contributed by atoms with Crippen LogP contribution in [-0.2, 0) is 0 Å². The van der Waals surface area contributed by atoms with Gasteiger partial charge < -0.3 is 15.3 Å². The number of rotatable bonds is 7. The third kappa shape index (κ3) is 5.29. The maximum Gasteiger partial charge on any atom is 0.0602 e. The number of hydrogen-bond donors (Lipinski definition) is 3. The molecule has 0 aliphatic heterocycles. The lowest BCUT2D eigenvalue weighted by Crippen LogP contribution is -2.39. The van der Waals surface area contributed by atoms with Crippen molar-refractivity contribution < 1.29 is 16.7 Å². The molecule has 2 saturated carbocycles. The molecule has 0 aromatic carbocycles. The summed E-state index contributed by atoms with van der Waals surface area (Å²) in [6.45, 7) is 13.8. The highest BCUT2D eigenvalue weighted by Gasteiger charge is 2.52. The van der Waals surface area contributed by atoms with Gasteiger partial charge in [-0.05, 0) is 73.5 Å². The summed E-state index contributed by atoms with van der Waals surface area (Å²) in [5, 5.41) is 29.9. The summed E-state index contributed by atoms with van der Waals surface area (Å²) < 4.78 is 0. The lowest BCUT2D eigenvalue weighted by Gasteiger charge is -2.46. The zero-order valence-electron chi connectivity index (χ0n) is 19.0. The number of allylic oxidation sites excluding steroid dienone is 3. The van der Waals surface area contributed by atoms with Crippen molar-refractivity contribution in [2.45, 2.75) is 105 Å². The fourth-order valence-corrected chi connectivity index (χ4v) is 5.48. The van der Waals surface area contributed by atoms with Gasteiger partial charge in [0.25, 0.3) is 0 Å². The summed E-state index contributed by atoms with van der Waals surface area (Å²) in [7, 11) is 0. The van der Waals surface area contributed by atoms with Gasteiger partial charge in [0.05, 0.1) is 18.3 Å². The Bertz CT molecular complexity index is 556. The van der Waals surface area contributed by atoms with E-state index in [2.05, 4.69) is 59.8 Å². The lowest BCUT2D eigenvalue weighted by atomic mass is 9.59. The van der Waals surface area contributed by atoms with Crippen LogP contribution in [0.5, 0.6) is 0 Å². The highest BCUT2D eigenvalue weighted by molar-refractivity contribution is 5.19. The summed E-state index contributed by atoms with van der Waals surface area (Å²) in [6, 6.07) is 0. The molecule has 28 heavy (non-hydrogen) atoms. The molecule has 0 radical (unpaired) electrons. The Labute approximate surface area is 174 Å². The molecule has 0 spiro atoms. The van der Waals surface area contributed by atoms with Crippen LogP contribution in [0.4, 0.5) is 0 Å². The van der Waals surface area contributed by atoms with Crippen LogP contribution in [0.2, 0.25) is 0 Å². The van der Waals surface area contributed by atoms with Crippen molar-refractivity contribution in [2.24, 2.45) is 28.6 Å². The van der Waals surface area contributed by atoms with Gasteiger partial charge in [-0.3, -0.25) is 0 Å². The van der Waals surface area contributed by atoms with Crippen LogP contribution >= 0.6 is 0 Å². The van der Waals surface area contributed by atoms with E-state index in [4.69, 9.17) is 0 Å². The third-order valence-electron chi connectivity index (χ3n) is 8.34. The van der Waals surface area contributed by atoms with Crippen molar-refractivity contribution in [3.05, 3.63) is 23.8 Å². The van der Waals surface area contributed by atoms with Crippen molar-refractivity contribution in [3.63, 3.8) is 0 Å². The molecule has 3 nitrogen and oxygen atoms in total. The number of aliphatic hydroxyl groups is 3. The van der Waals surface area contributed by atoms with E-state index in [1.54, 1.807) is 0 Å². The van der Waals surface area contributed by atoms with E-state index in [1.807, 2.05) is 0 Å². The fraction of sp³-hybridized carbons (Fsp3) is 0.840. The normalized spacial score (nSPS) is 35.5. The predicted octanol–water partition coefficient (Wildman–Crippen LogP) is 5.50. The van der Waals surface area contributed by atoms with Crippen LogP contribution in [-0.4, -0.2) is 33.6 Å². The molecule has 3 heteroatoms. The van der Waals surface area contributed by atoms with E-state index in [0.717, 1.165) is 18.4 Å². The minimum absolute atomic E-state index is 0. The Morgan fingerprint density at radius 3 is 2.25 bits per heavy atom. The van der Waals surface area contributed by atoms with Crippen LogP contribution in [0.3, 0.4) is 0 Å². The van der Waals surface area contributed by atoms with Gasteiger partial charge in [0, 0.05) is 1.43 Å². The minimum atomic E-state index is -0.406. The molecule has 0 aromatic rings. The van der Waals surface area contributed by atoms with Crippen molar-refractivity contribution in [1.82, 2.24) is 0 Å². The molecule has 3 N–H and O–H groups in total. The van der Waals surface area contributed by atoms with Crippen LogP contribution in [0.1, 0.15) is 87.9 Å². The summed E-state index contributed by atoms with van der Waals surface area (Å²) in [5.41, 5.74) is 1.62. The first-order valence-electron chi connectivity index (χ1n) is 11.4. The monoisotopic (exact) mass is 395 g/mol. The molecule has 2 fully saturated rings. The standard InChI is InChI=1S/C25H44O3.H2/c1-17(2)23(28)11-10-18(3)25(6)13-12-20(24(25,4)5)9-7-8-19-14-21(26)16-22(27)15-19;/h7-9,17-18,20-23,26-28H,10-16H2,1-6H3;1H/b9-7+;/t18-,20+,21+,22+,23+,25+;/m0./s1/i;1+1. The van der Waals surface area contributed by atoms with Gasteiger partial charge in [-0.1, -0.05) is 65.3 Å². The zero-order valence-corrected chi connectivity index (χ0v) is 19.0. The average Bonchev–Trinajstić information content (AvgIpc) is 2.82. The van der Waals surface area contributed by atoms with Crippen LogP contribution in [0.15, 0.2) is 23.8 Å². The molecular weight excluding hydrogens is 348 g/mol. The van der Waals surface area contributed by atoms with Crippen molar-refractivity contribution in [1.29, 1.82) is 0 Å². The van der Waals surface area contributed by atoms with E-state index >= 15 is 0 Å². The van der Waals surface area contributed by atoms with Gasteiger partial charge in [0.15, 0.2) is 0 Å². The van der Waals surface area contributed by atoms with E-state index in [-0.39, 0.29) is 18.4 Å². The van der Waals surface area contributed by atoms with Crippen LogP contribution in [0.25, 0.3) is 0 Å². The average molecular weight is 396 g/mol. The third-order valence-corrected chi connectivity index (χ3v) is 8.34.